The van der Waals surface area contributed by atoms with Crippen LogP contribution in [0, 0.1) is 0 Å². The number of nitrogens with one attached hydrogen (secondary N) is 1. The van der Waals surface area contributed by atoms with Gasteiger partial charge in [-0.3, -0.25) is 4.79 Å². The molecule has 21 heavy (non-hydrogen) atoms. The topological polar surface area (TPSA) is 42.0 Å². The van der Waals surface area contributed by atoms with E-state index < -0.39 is 12.6 Å². The number of para-hydroxylation sites is 1. The van der Waals surface area contributed by atoms with Gasteiger partial charge in [0, 0.05) is 16.6 Å². The molecule has 0 spiro atoms. The van der Waals surface area contributed by atoms with Gasteiger partial charge in [-0.1, -0.05) is 36.4 Å². The van der Waals surface area contributed by atoms with Gasteiger partial charge < -0.3 is 5.32 Å². The number of fused-ring (bicyclic) bond motifs is 1. The predicted octanol–water partition coefficient (Wildman–Crippen LogP) is 3.81. The third kappa shape index (κ3) is 2.89. The number of hydrogen-bond acceptors (Lipinski definition) is 2. The van der Waals surface area contributed by atoms with Crippen LogP contribution in [0.25, 0.3) is 22.2 Å². The Morgan fingerprint density at radius 2 is 1.76 bits per heavy atom. The number of amides is 1. The van der Waals surface area contributed by atoms with Gasteiger partial charge >= 0.3 is 0 Å². The van der Waals surface area contributed by atoms with E-state index in [9.17, 15) is 9.18 Å². The van der Waals surface area contributed by atoms with E-state index in [1.54, 1.807) is 12.1 Å². The second-order valence-corrected chi connectivity index (χ2v) is 4.65. The van der Waals surface area contributed by atoms with Crippen LogP contribution in [0.1, 0.15) is 0 Å². The lowest BCUT2D eigenvalue weighted by molar-refractivity contribution is -0.117. The van der Waals surface area contributed by atoms with Gasteiger partial charge in [-0.25, -0.2) is 9.37 Å². The summed E-state index contributed by atoms with van der Waals surface area (Å²) in [7, 11) is 0. The largest absolute Gasteiger partial charge is 0.324 e. The normalized spacial score (nSPS) is 10.5. The van der Waals surface area contributed by atoms with Gasteiger partial charge in [0.15, 0.2) is 6.67 Å². The fourth-order valence-corrected chi connectivity index (χ4v) is 2.15. The highest BCUT2D eigenvalue weighted by Crippen LogP contribution is 2.22. The molecule has 4 heteroatoms. The van der Waals surface area contributed by atoms with Crippen molar-refractivity contribution in [2.75, 3.05) is 12.0 Å². The summed E-state index contributed by atoms with van der Waals surface area (Å²) in [5.41, 5.74) is 3.31. The molecule has 3 rings (SSSR count). The first kappa shape index (κ1) is 13.2. The molecule has 0 atom stereocenters. The lowest BCUT2D eigenvalue weighted by Gasteiger charge is -2.06. The maximum Gasteiger partial charge on any atom is 0.255 e. The molecular weight excluding hydrogens is 267 g/mol. The number of hydrogen-bond donors (Lipinski definition) is 1. The van der Waals surface area contributed by atoms with Crippen molar-refractivity contribution >= 4 is 22.5 Å². The minimum atomic E-state index is -1.02. The van der Waals surface area contributed by atoms with Crippen LogP contribution in [-0.4, -0.2) is 17.6 Å². The number of aromatic nitrogens is 1. The van der Waals surface area contributed by atoms with Crippen molar-refractivity contribution < 1.29 is 9.18 Å². The molecule has 0 unspecified atom stereocenters. The number of pyridine rings is 1. The van der Waals surface area contributed by atoms with Crippen molar-refractivity contribution in [3.63, 3.8) is 0 Å². The molecule has 0 saturated heterocycles. The van der Waals surface area contributed by atoms with Crippen molar-refractivity contribution in [3.05, 3.63) is 60.7 Å². The van der Waals surface area contributed by atoms with Gasteiger partial charge in [-0.15, -0.1) is 0 Å². The number of alkyl halides is 1. The number of nitrogens with zero attached hydrogens (tertiary/aromatic N) is 1. The Bertz CT molecular complexity index is 784. The van der Waals surface area contributed by atoms with Crippen molar-refractivity contribution in [3.8, 4) is 11.3 Å². The maximum absolute atomic E-state index is 12.1. The van der Waals surface area contributed by atoms with E-state index in [4.69, 9.17) is 0 Å². The van der Waals surface area contributed by atoms with Crippen LogP contribution < -0.4 is 5.32 Å². The SMILES string of the molecule is O=C(CF)Nc1ccc(-c2ccc3ccccc3n2)cc1. The summed E-state index contributed by atoms with van der Waals surface area (Å²) < 4.78 is 12.1. The highest BCUT2D eigenvalue weighted by atomic mass is 19.1. The second-order valence-electron chi connectivity index (χ2n) is 4.65. The fourth-order valence-electron chi connectivity index (χ4n) is 2.15. The molecule has 1 amide bonds. The molecule has 2 aromatic carbocycles. The smallest absolute Gasteiger partial charge is 0.255 e. The van der Waals surface area contributed by atoms with Crippen molar-refractivity contribution in [2.24, 2.45) is 0 Å². The summed E-state index contributed by atoms with van der Waals surface area (Å²) >= 11 is 0. The highest BCUT2D eigenvalue weighted by Gasteiger charge is 2.03. The summed E-state index contributed by atoms with van der Waals surface area (Å²) in [5.74, 6) is -0.647. The molecule has 0 aliphatic heterocycles. The van der Waals surface area contributed by atoms with Crippen LogP contribution >= 0.6 is 0 Å². The molecule has 0 bridgehead atoms. The number of halogens is 1. The van der Waals surface area contributed by atoms with Gasteiger partial charge in [0.1, 0.15) is 0 Å². The Balaban J connectivity index is 1.90. The monoisotopic (exact) mass is 280 g/mol. The molecule has 3 aromatic rings. The molecule has 1 aromatic heterocycles. The zero-order chi connectivity index (χ0) is 14.7. The molecule has 0 radical (unpaired) electrons. The van der Waals surface area contributed by atoms with E-state index >= 15 is 0 Å². The maximum atomic E-state index is 12.1. The first-order valence-electron chi connectivity index (χ1n) is 6.58. The lowest BCUT2D eigenvalue weighted by atomic mass is 10.1. The van der Waals surface area contributed by atoms with Gasteiger partial charge in [0.25, 0.3) is 5.91 Å². The molecule has 3 nitrogen and oxygen atoms in total. The molecule has 104 valence electrons. The van der Waals surface area contributed by atoms with Crippen LogP contribution in [0.15, 0.2) is 60.7 Å². The third-order valence-corrected chi connectivity index (χ3v) is 3.18. The molecule has 0 saturated carbocycles. The minimum absolute atomic E-state index is 0.571. The number of benzene rings is 2. The Kier molecular flexibility index (Phi) is 3.60. The van der Waals surface area contributed by atoms with Gasteiger partial charge in [-0.2, -0.15) is 0 Å². The molecular formula is C17H13FN2O. The van der Waals surface area contributed by atoms with Gasteiger partial charge in [0.2, 0.25) is 0 Å². The zero-order valence-electron chi connectivity index (χ0n) is 11.2. The number of carbonyl (C=O) groups excluding carboxylic acids is 1. The molecule has 0 fully saturated rings. The molecule has 1 N–H and O–H groups in total. The summed E-state index contributed by atoms with van der Waals surface area (Å²) in [5, 5.41) is 3.56. The highest BCUT2D eigenvalue weighted by molar-refractivity contribution is 5.91. The predicted molar refractivity (Wildman–Crippen MR) is 81.8 cm³/mol. The Morgan fingerprint density at radius 3 is 2.52 bits per heavy atom. The first-order chi connectivity index (χ1) is 10.3. The molecule has 0 aliphatic carbocycles. The Labute approximate surface area is 121 Å². The minimum Gasteiger partial charge on any atom is -0.324 e. The van der Waals surface area contributed by atoms with E-state index in [0.29, 0.717) is 5.69 Å². The number of anilines is 1. The van der Waals surface area contributed by atoms with E-state index in [0.717, 1.165) is 22.2 Å². The van der Waals surface area contributed by atoms with E-state index in [1.807, 2.05) is 48.5 Å². The fraction of sp³-hybridized carbons (Fsp3) is 0.0588. The van der Waals surface area contributed by atoms with Gasteiger partial charge in [0.05, 0.1) is 11.2 Å². The summed E-state index contributed by atoms with van der Waals surface area (Å²) in [4.78, 5) is 15.6. The van der Waals surface area contributed by atoms with Crippen molar-refractivity contribution in [1.29, 1.82) is 0 Å². The standard InChI is InChI=1S/C17H13FN2O/c18-11-17(21)19-14-8-5-13(6-9-14)16-10-7-12-3-1-2-4-15(12)20-16/h1-10H,11H2,(H,19,21). The van der Waals surface area contributed by atoms with Crippen LogP contribution in [-0.2, 0) is 4.79 Å². The average molecular weight is 280 g/mol. The van der Waals surface area contributed by atoms with Crippen LogP contribution in [0.4, 0.5) is 10.1 Å². The van der Waals surface area contributed by atoms with E-state index in [1.165, 1.54) is 0 Å². The second kappa shape index (κ2) is 5.71. The first-order valence-corrected chi connectivity index (χ1v) is 6.58. The van der Waals surface area contributed by atoms with Gasteiger partial charge in [-0.05, 0) is 24.3 Å². The third-order valence-electron chi connectivity index (χ3n) is 3.18. The summed E-state index contributed by atoms with van der Waals surface area (Å²) in [6.07, 6.45) is 0. The summed E-state index contributed by atoms with van der Waals surface area (Å²) in [6.45, 7) is -1.02. The van der Waals surface area contributed by atoms with Crippen LogP contribution in [0.2, 0.25) is 0 Å². The zero-order valence-corrected chi connectivity index (χ0v) is 11.2. The van der Waals surface area contributed by atoms with Crippen LogP contribution in [0.5, 0.6) is 0 Å². The molecule has 0 aliphatic rings. The van der Waals surface area contributed by atoms with E-state index in [2.05, 4.69) is 10.3 Å². The Hall–Kier alpha value is -2.75. The summed E-state index contributed by atoms with van der Waals surface area (Å²) in [6, 6.07) is 19.1. The van der Waals surface area contributed by atoms with E-state index in [-0.39, 0.29) is 0 Å². The quantitative estimate of drug-likeness (QED) is 0.792. The van der Waals surface area contributed by atoms with Crippen molar-refractivity contribution in [2.45, 2.75) is 0 Å². The number of rotatable bonds is 3. The molecule has 1 heterocycles. The Morgan fingerprint density at radius 1 is 1.00 bits per heavy atom. The lowest BCUT2D eigenvalue weighted by Crippen LogP contribution is -2.12. The number of carbonyl (C=O) groups is 1. The van der Waals surface area contributed by atoms with Crippen molar-refractivity contribution in [1.82, 2.24) is 4.98 Å². The van der Waals surface area contributed by atoms with Crippen LogP contribution in [0.3, 0.4) is 0 Å². The average Bonchev–Trinajstić information content (AvgIpc) is 2.55.